The number of esters is 1. The average molecular weight is 403 g/mol. The number of benzene rings is 1. The Labute approximate surface area is 165 Å². The Hall–Kier alpha value is -3.56. The largest absolute Gasteiger partial charge is 0.486 e. The summed E-state index contributed by atoms with van der Waals surface area (Å²) in [6.45, 7) is 2.16. The Balaban J connectivity index is 1.80. The van der Waals surface area contributed by atoms with Crippen LogP contribution in [-0.4, -0.2) is 40.7 Å². The summed E-state index contributed by atoms with van der Waals surface area (Å²) in [6, 6.07) is 4.51. The van der Waals surface area contributed by atoms with Crippen molar-refractivity contribution in [3.63, 3.8) is 0 Å². The van der Waals surface area contributed by atoms with Crippen LogP contribution in [0.2, 0.25) is 0 Å². The first-order valence-corrected chi connectivity index (χ1v) is 9.04. The molecule has 0 radical (unpaired) electrons. The van der Waals surface area contributed by atoms with Crippen LogP contribution in [0.15, 0.2) is 27.8 Å². The van der Waals surface area contributed by atoms with E-state index in [0.717, 1.165) is 9.13 Å². The number of nitrogens with two attached hydrogens (primary N) is 1. The number of hydrogen-bond acceptors (Lipinski definition) is 8. The van der Waals surface area contributed by atoms with E-state index in [-0.39, 0.29) is 23.5 Å². The van der Waals surface area contributed by atoms with E-state index in [4.69, 9.17) is 19.9 Å². The molecule has 2 N–H and O–H groups in total. The minimum absolute atomic E-state index is 0.166. The van der Waals surface area contributed by atoms with Gasteiger partial charge in [-0.3, -0.25) is 18.7 Å². The predicted octanol–water partition coefficient (Wildman–Crippen LogP) is 0.350. The van der Waals surface area contributed by atoms with Crippen molar-refractivity contribution in [3.05, 3.63) is 50.2 Å². The molecule has 10 nitrogen and oxygen atoms in total. The smallest absolute Gasteiger partial charge is 0.338 e. The molecule has 0 unspecified atom stereocenters. The summed E-state index contributed by atoms with van der Waals surface area (Å²) in [7, 11) is 1.26. The highest BCUT2D eigenvalue weighted by Crippen LogP contribution is 2.30. The number of hydrogen-bond donors (Lipinski definition) is 1. The van der Waals surface area contributed by atoms with Crippen LogP contribution in [0.1, 0.15) is 34.1 Å². The molecular formula is C19H21N3O7. The molecule has 2 aromatic rings. The zero-order chi connectivity index (χ0) is 21.1. The van der Waals surface area contributed by atoms with Gasteiger partial charge in [0.15, 0.2) is 18.1 Å². The number of ether oxygens (including phenoxy) is 3. The van der Waals surface area contributed by atoms with Crippen molar-refractivity contribution in [3.8, 4) is 11.5 Å². The molecule has 3 rings (SSSR count). The molecule has 10 heteroatoms. The van der Waals surface area contributed by atoms with Crippen molar-refractivity contribution in [2.75, 3.05) is 25.6 Å². The van der Waals surface area contributed by atoms with Crippen LogP contribution < -0.4 is 26.5 Å². The monoisotopic (exact) mass is 403 g/mol. The first-order valence-electron chi connectivity index (χ1n) is 9.04. The molecule has 0 bridgehead atoms. The van der Waals surface area contributed by atoms with E-state index < -0.39 is 29.6 Å². The third-order valence-corrected chi connectivity index (χ3v) is 4.42. The van der Waals surface area contributed by atoms with Crippen molar-refractivity contribution >= 4 is 17.6 Å². The van der Waals surface area contributed by atoms with Crippen LogP contribution in [0.4, 0.5) is 5.82 Å². The Morgan fingerprint density at radius 3 is 2.55 bits per heavy atom. The van der Waals surface area contributed by atoms with Crippen molar-refractivity contribution < 1.29 is 23.8 Å². The second-order valence-electron chi connectivity index (χ2n) is 6.42. The predicted molar refractivity (Wildman–Crippen MR) is 103 cm³/mol. The number of anilines is 1. The fourth-order valence-electron chi connectivity index (χ4n) is 2.94. The van der Waals surface area contributed by atoms with Gasteiger partial charge in [-0.05, 0) is 24.6 Å². The summed E-state index contributed by atoms with van der Waals surface area (Å²) in [5.41, 5.74) is 4.23. The van der Waals surface area contributed by atoms with E-state index in [9.17, 15) is 19.2 Å². The van der Waals surface area contributed by atoms with Crippen molar-refractivity contribution in [1.29, 1.82) is 0 Å². The lowest BCUT2D eigenvalue weighted by Crippen LogP contribution is -2.43. The molecule has 0 saturated heterocycles. The topological polar surface area (TPSA) is 132 Å². The fraction of sp³-hybridized carbons (Fsp3) is 0.368. The van der Waals surface area contributed by atoms with Gasteiger partial charge >= 0.3 is 11.7 Å². The maximum absolute atomic E-state index is 12.5. The lowest BCUT2D eigenvalue weighted by Gasteiger charge is -2.18. The summed E-state index contributed by atoms with van der Waals surface area (Å²) in [5, 5.41) is 0. The molecule has 0 amide bonds. The molecule has 1 aliphatic rings. The van der Waals surface area contributed by atoms with Crippen molar-refractivity contribution in [1.82, 2.24) is 9.13 Å². The van der Waals surface area contributed by atoms with Gasteiger partial charge in [0.2, 0.25) is 5.78 Å². The Morgan fingerprint density at radius 1 is 1.17 bits per heavy atom. The van der Waals surface area contributed by atoms with Gasteiger partial charge < -0.3 is 19.9 Å². The first-order chi connectivity index (χ1) is 13.8. The van der Waals surface area contributed by atoms with Crippen LogP contribution >= 0.6 is 0 Å². The van der Waals surface area contributed by atoms with E-state index in [0.29, 0.717) is 31.1 Å². The highest BCUT2D eigenvalue weighted by atomic mass is 16.6. The molecule has 2 heterocycles. The number of fused-ring (bicyclic) bond motifs is 1. The first kappa shape index (κ1) is 20.2. The van der Waals surface area contributed by atoms with Crippen LogP contribution in [0, 0.1) is 0 Å². The third-order valence-electron chi connectivity index (χ3n) is 4.42. The van der Waals surface area contributed by atoms with E-state index in [1.165, 1.54) is 19.2 Å². The number of carbonyl (C=O) groups is 2. The average Bonchev–Trinajstić information content (AvgIpc) is 2.73. The lowest BCUT2D eigenvalue weighted by molar-refractivity contribution is 0.0473. The molecule has 1 aromatic carbocycles. The summed E-state index contributed by atoms with van der Waals surface area (Å²) in [6.07, 6.45) is 0.578. The van der Waals surface area contributed by atoms with E-state index in [2.05, 4.69) is 0 Å². The maximum atomic E-state index is 12.5. The van der Waals surface area contributed by atoms with Gasteiger partial charge in [-0.1, -0.05) is 6.92 Å². The van der Waals surface area contributed by atoms with Gasteiger partial charge in [-0.2, -0.15) is 0 Å². The van der Waals surface area contributed by atoms with Gasteiger partial charge in [0, 0.05) is 13.6 Å². The fourth-order valence-corrected chi connectivity index (χ4v) is 2.94. The maximum Gasteiger partial charge on any atom is 0.338 e. The Bertz CT molecular complexity index is 1080. The molecule has 1 aromatic heterocycles. The van der Waals surface area contributed by atoms with E-state index >= 15 is 0 Å². The molecule has 1 aliphatic heterocycles. The highest BCUT2D eigenvalue weighted by molar-refractivity contribution is 6.02. The van der Waals surface area contributed by atoms with Crippen molar-refractivity contribution in [2.24, 2.45) is 7.05 Å². The zero-order valence-corrected chi connectivity index (χ0v) is 16.1. The molecule has 0 atom stereocenters. The van der Waals surface area contributed by atoms with Gasteiger partial charge in [-0.25, -0.2) is 9.59 Å². The van der Waals surface area contributed by atoms with Crippen LogP contribution in [0.3, 0.4) is 0 Å². The van der Waals surface area contributed by atoms with Crippen molar-refractivity contribution in [2.45, 2.75) is 19.9 Å². The quantitative estimate of drug-likeness (QED) is 0.540. The number of ketones is 1. The molecule has 29 heavy (non-hydrogen) atoms. The Morgan fingerprint density at radius 2 is 1.86 bits per heavy atom. The third kappa shape index (κ3) is 3.86. The summed E-state index contributed by atoms with van der Waals surface area (Å²) in [5.74, 6) is -0.883. The second kappa shape index (κ2) is 8.21. The normalized spacial score (nSPS) is 12.5. The number of carbonyl (C=O) groups excluding carboxylic acids is 2. The van der Waals surface area contributed by atoms with Gasteiger partial charge in [0.05, 0.1) is 5.56 Å². The van der Waals surface area contributed by atoms with E-state index in [1.807, 2.05) is 6.92 Å². The van der Waals surface area contributed by atoms with Gasteiger partial charge in [-0.15, -0.1) is 0 Å². The summed E-state index contributed by atoms with van der Waals surface area (Å²) >= 11 is 0. The standard InChI is InChI=1S/C19H21N3O7/c1-3-6-22-16(20)15(17(24)21(2)19(22)26)12(23)10-29-18(25)11-4-5-13-14(9-11)28-8-7-27-13/h4-5,9H,3,6-8,10,20H2,1-2H3. The number of nitrogens with zero attached hydrogens (tertiary/aromatic N) is 2. The second-order valence-corrected chi connectivity index (χ2v) is 6.42. The minimum Gasteiger partial charge on any atom is -0.486 e. The molecule has 0 aliphatic carbocycles. The number of Topliss-reactive ketones (excluding diaryl/α,β-unsaturated/α-hetero) is 1. The summed E-state index contributed by atoms with van der Waals surface area (Å²) in [4.78, 5) is 49.4. The molecule has 154 valence electrons. The minimum atomic E-state index is -0.833. The van der Waals surface area contributed by atoms with Gasteiger partial charge in [0.1, 0.15) is 24.6 Å². The van der Waals surface area contributed by atoms with Crippen LogP contribution in [-0.2, 0) is 18.3 Å². The zero-order valence-electron chi connectivity index (χ0n) is 16.1. The number of aromatic nitrogens is 2. The Kier molecular flexibility index (Phi) is 5.71. The molecular weight excluding hydrogens is 382 g/mol. The molecule has 0 saturated carbocycles. The lowest BCUT2D eigenvalue weighted by atomic mass is 10.2. The number of nitrogen functional groups attached to an aromatic ring is 1. The molecule has 0 spiro atoms. The highest BCUT2D eigenvalue weighted by Gasteiger charge is 2.23. The van der Waals surface area contributed by atoms with Crippen LogP contribution in [0.25, 0.3) is 0 Å². The SMILES string of the molecule is CCCn1c(N)c(C(=O)COC(=O)c2ccc3c(c2)OCCO3)c(=O)n(C)c1=O. The van der Waals surface area contributed by atoms with Gasteiger partial charge in [0.25, 0.3) is 5.56 Å². The number of rotatable bonds is 6. The molecule has 0 fully saturated rings. The summed E-state index contributed by atoms with van der Waals surface area (Å²) < 4.78 is 17.8. The van der Waals surface area contributed by atoms with Crippen LogP contribution in [0.5, 0.6) is 11.5 Å². The van der Waals surface area contributed by atoms with E-state index in [1.54, 1.807) is 6.07 Å².